The van der Waals surface area contributed by atoms with E-state index in [1.807, 2.05) is 36.0 Å². The van der Waals surface area contributed by atoms with Crippen molar-refractivity contribution in [2.24, 2.45) is 0 Å². The highest BCUT2D eigenvalue weighted by molar-refractivity contribution is 8.00. The fraction of sp³-hybridized carbons (Fsp3) is 0.533. The number of rotatable bonds is 4. The van der Waals surface area contributed by atoms with E-state index in [4.69, 9.17) is 4.74 Å². The number of carbonyl (C=O) groups is 1. The Morgan fingerprint density at radius 3 is 2.63 bits per heavy atom. The molecule has 1 aromatic carbocycles. The van der Waals surface area contributed by atoms with E-state index >= 15 is 0 Å². The molecule has 1 fully saturated rings. The molecule has 0 bridgehead atoms. The van der Waals surface area contributed by atoms with Crippen LogP contribution in [0.4, 0.5) is 0 Å². The van der Waals surface area contributed by atoms with Crippen molar-refractivity contribution in [3.05, 3.63) is 29.8 Å². The highest BCUT2D eigenvalue weighted by atomic mass is 32.2. The third-order valence-electron chi connectivity index (χ3n) is 3.28. The Morgan fingerprint density at radius 2 is 2.05 bits per heavy atom. The van der Waals surface area contributed by atoms with Gasteiger partial charge in [0, 0.05) is 29.2 Å². The number of hydrogen-bond donors (Lipinski definition) is 0. The molecule has 1 heterocycles. The highest BCUT2D eigenvalue weighted by Gasteiger charge is 2.28. The van der Waals surface area contributed by atoms with Crippen LogP contribution < -0.4 is 4.74 Å². The molecule has 0 aromatic heterocycles. The summed E-state index contributed by atoms with van der Waals surface area (Å²) in [5.74, 6) is 2.07. The molecule has 0 amide bonds. The van der Waals surface area contributed by atoms with Gasteiger partial charge in [-0.25, -0.2) is 0 Å². The molecule has 1 aromatic rings. The van der Waals surface area contributed by atoms with Gasteiger partial charge in [-0.2, -0.15) is 11.8 Å². The number of Topliss-reactive ketones (excluding diaryl/α,β-unsaturated/α-hetero) is 1. The summed E-state index contributed by atoms with van der Waals surface area (Å²) in [6.07, 6.45) is 0. The third kappa shape index (κ3) is 3.98. The van der Waals surface area contributed by atoms with Crippen molar-refractivity contribution in [1.82, 2.24) is 4.90 Å². The first kappa shape index (κ1) is 14.4. The summed E-state index contributed by atoms with van der Waals surface area (Å²) in [6.45, 7) is 6.95. The zero-order valence-electron chi connectivity index (χ0n) is 11.8. The zero-order valence-corrected chi connectivity index (χ0v) is 12.6. The molecule has 1 saturated heterocycles. The van der Waals surface area contributed by atoms with E-state index in [9.17, 15) is 4.79 Å². The van der Waals surface area contributed by atoms with Crippen LogP contribution in [-0.2, 0) is 0 Å². The Morgan fingerprint density at radius 1 is 1.37 bits per heavy atom. The predicted molar refractivity (Wildman–Crippen MR) is 80.3 cm³/mol. The summed E-state index contributed by atoms with van der Waals surface area (Å²) in [7, 11) is 1.63. The number of nitrogens with zero attached hydrogens (tertiary/aromatic N) is 1. The number of methoxy groups -OCH3 is 1. The molecule has 1 aliphatic rings. The second kappa shape index (κ2) is 5.97. The summed E-state index contributed by atoms with van der Waals surface area (Å²) in [6, 6.07) is 7.35. The van der Waals surface area contributed by atoms with Crippen molar-refractivity contribution < 1.29 is 9.53 Å². The molecule has 3 nitrogen and oxygen atoms in total. The second-order valence-electron chi connectivity index (χ2n) is 5.47. The standard InChI is InChI=1S/C15H21NO2S/c1-15(2)11-16(8-9-19-15)10-14(17)12-4-6-13(18-3)7-5-12/h4-7H,8-11H2,1-3H3. The average Bonchev–Trinajstić information content (AvgIpc) is 2.37. The second-order valence-corrected chi connectivity index (χ2v) is 7.27. The van der Waals surface area contributed by atoms with Gasteiger partial charge in [0.15, 0.2) is 5.78 Å². The smallest absolute Gasteiger partial charge is 0.176 e. The Hall–Kier alpha value is -1.00. The molecule has 0 N–H and O–H groups in total. The number of thioether (sulfide) groups is 1. The molecule has 2 rings (SSSR count). The van der Waals surface area contributed by atoms with Crippen LogP contribution in [0.3, 0.4) is 0 Å². The van der Waals surface area contributed by atoms with Gasteiger partial charge in [0.2, 0.25) is 0 Å². The Balaban J connectivity index is 1.96. The van der Waals surface area contributed by atoms with Gasteiger partial charge >= 0.3 is 0 Å². The molecular formula is C15H21NO2S. The van der Waals surface area contributed by atoms with Crippen LogP contribution >= 0.6 is 11.8 Å². The summed E-state index contributed by atoms with van der Waals surface area (Å²) >= 11 is 1.98. The van der Waals surface area contributed by atoms with Gasteiger partial charge in [-0.15, -0.1) is 0 Å². The van der Waals surface area contributed by atoms with Gasteiger partial charge in [0.05, 0.1) is 13.7 Å². The molecular weight excluding hydrogens is 258 g/mol. The van der Waals surface area contributed by atoms with Crippen molar-refractivity contribution in [2.45, 2.75) is 18.6 Å². The maximum atomic E-state index is 12.2. The zero-order chi connectivity index (χ0) is 13.9. The first-order chi connectivity index (χ1) is 9.00. The van der Waals surface area contributed by atoms with Crippen LogP contribution in [0.15, 0.2) is 24.3 Å². The largest absolute Gasteiger partial charge is 0.497 e. The fourth-order valence-electron chi connectivity index (χ4n) is 2.32. The third-order valence-corrected chi connectivity index (χ3v) is 4.58. The highest BCUT2D eigenvalue weighted by Crippen LogP contribution is 2.29. The summed E-state index contributed by atoms with van der Waals surface area (Å²) in [5.41, 5.74) is 0.761. The van der Waals surface area contributed by atoms with Gasteiger partial charge in [-0.3, -0.25) is 9.69 Å². The molecule has 4 heteroatoms. The van der Waals surface area contributed by atoms with E-state index < -0.39 is 0 Å². The van der Waals surface area contributed by atoms with Crippen molar-refractivity contribution in [3.63, 3.8) is 0 Å². The van der Waals surface area contributed by atoms with Crippen LogP contribution in [0.5, 0.6) is 5.75 Å². The minimum atomic E-state index is 0.186. The van der Waals surface area contributed by atoms with Gasteiger partial charge in [0.1, 0.15) is 5.75 Å². The van der Waals surface area contributed by atoms with E-state index in [0.29, 0.717) is 6.54 Å². The first-order valence-electron chi connectivity index (χ1n) is 6.54. The summed E-state index contributed by atoms with van der Waals surface area (Å²) in [5, 5.41) is 0. The van der Waals surface area contributed by atoms with Gasteiger partial charge in [-0.05, 0) is 38.1 Å². The lowest BCUT2D eigenvalue weighted by atomic mass is 10.1. The quantitative estimate of drug-likeness (QED) is 0.793. The number of ether oxygens (including phenoxy) is 1. The Labute approximate surface area is 119 Å². The molecule has 0 aliphatic carbocycles. The number of hydrogen-bond acceptors (Lipinski definition) is 4. The van der Waals surface area contributed by atoms with Crippen LogP contribution in [0.25, 0.3) is 0 Å². The summed E-state index contributed by atoms with van der Waals surface area (Å²) in [4.78, 5) is 14.5. The lowest BCUT2D eigenvalue weighted by Crippen LogP contribution is -2.45. The molecule has 1 aliphatic heterocycles. The van der Waals surface area contributed by atoms with Crippen molar-refractivity contribution in [3.8, 4) is 5.75 Å². The van der Waals surface area contributed by atoms with Crippen molar-refractivity contribution >= 4 is 17.5 Å². The number of carbonyl (C=O) groups excluding carboxylic acids is 1. The Kier molecular flexibility index (Phi) is 4.53. The van der Waals surface area contributed by atoms with Crippen molar-refractivity contribution in [1.29, 1.82) is 0 Å². The normalized spacial score (nSPS) is 19.1. The maximum absolute atomic E-state index is 12.2. The summed E-state index contributed by atoms with van der Waals surface area (Å²) < 4.78 is 5.35. The minimum absolute atomic E-state index is 0.186. The van der Waals surface area contributed by atoms with Crippen LogP contribution in [0.1, 0.15) is 24.2 Å². The van der Waals surface area contributed by atoms with E-state index in [-0.39, 0.29) is 10.5 Å². The van der Waals surface area contributed by atoms with Crippen molar-refractivity contribution in [2.75, 3.05) is 32.5 Å². The fourth-order valence-corrected chi connectivity index (χ4v) is 3.50. The molecule has 0 unspecified atom stereocenters. The van der Waals surface area contributed by atoms with E-state index in [1.54, 1.807) is 7.11 Å². The SMILES string of the molecule is COc1ccc(C(=O)CN2CCSC(C)(C)C2)cc1. The lowest BCUT2D eigenvalue weighted by molar-refractivity contribution is 0.0927. The monoisotopic (exact) mass is 279 g/mol. The lowest BCUT2D eigenvalue weighted by Gasteiger charge is -2.37. The van der Waals surface area contributed by atoms with E-state index in [0.717, 1.165) is 30.2 Å². The number of ketones is 1. The molecule has 104 valence electrons. The van der Waals surface area contributed by atoms with Gasteiger partial charge < -0.3 is 4.74 Å². The van der Waals surface area contributed by atoms with E-state index in [2.05, 4.69) is 18.7 Å². The molecule has 19 heavy (non-hydrogen) atoms. The Bertz CT molecular complexity index is 442. The van der Waals surface area contributed by atoms with E-state index in [1.165, 1.54) is 0 Å². The number of benzene rings is 1. The predicted octanol–water partition coefficient (Wildman–Crippen LogP) is 2.71. The first-order valence-corrected chi connectivity index (χ1v) is 7.52. The maximum Gasteiger partial charge on any atom is 0.176 e. The topological polar surface area (TPSA) is 29.5 Å². The molecule has 0 spiro atoms. The molecule has 0 radical (unpaired) electrons. The van der Waals surface area contributed by atoms with Crippen LogP contribution in [0, 0.1) is 0 Å². The minimum Gasteiger partial charge on any atom is -0.497 e. The van der Waals surface area contributed by atoms with Crippen LogP contribution in [-0.4, -0.2) is 47.9 Å². The van der Waals surface area contributed by atoms with Crippen LogP contribution in [0.2, 0.25) is 0 Å². The van der Waals surface area contributed by atoms with Gasteiger partial charge in [0.25, 0.3) is 0 Å². The van der Waals surface area contributed by atoms with Gasteiger partial charge in [-0.1, -0.05) is 0 Å². The average molecular weight is 279 g/mol. The molecule has 0 saturated carbocycles. The molecule has 0 atom stereocenters.